The molecular weight excluding hydrogens is 312 g/mol. The first-order valence-electron chi connectivity index (χ1n) is 5.87. The van der Waals surface area contributed by atoms with Crippen molar-refractivity contribution in [2.45, 2.75) is 18.6 Å². The van der Waals surface area contributed by atoms with Crippen LogP contribution in [0, 0.1) is 0 Å². The van der Waals surface area contributed by atoms with Crippen molar-refractivity contribution in [3.63, 3.8) is 0 Å². The van der Waals surface area contributed by atoms with Crippen molar-refractivity contribution in [1.82, 2.24) is 4.90 Å². The fraction of sp³-hybridized carbons (Fsp3) is 0.462. The molecule has 5 heteroatoms. The predicted octanol–water partition coefficient (Wildman–Crippen LogP) is 3.00. The van der Waals surface area contributed by atoms with Crippen LogP contribution in [0.15, 0.2) is 22.7 Å². The van der Waals surface area contributed by atoms with Gasteiger partial charge in [0.15, 0.2) is 0 Å². The zero-order chi connectivity index (χ0) is 13.3. The Morgan fingerprint density at radius 1 is 1.50 bits per heavy atom. The highest BCUT2D eigenvalue weighted by molar-refractivity contribution is 9.10. The Morgan fingerprint density at radius 3 is 2.83 bits per heavy atom. The Morgan fingerprint density at radius 2 is 2.22 bits per heavy atom. The molecule has 18 heavy (non-hydrogen) atoms. The molecule has 1 saturated heterocycles. The molecule has 1 heterocycles. The molecule has 2 rings (SSSR count). The van der Waals surface area contributed by atoms with Crippen molar-refractivity contribution < 1.29 is 4.79 Å². The average Bonchev–Trinajstić information content (AvgIpc) is 2.27. The number of carbonyl (C=O) groups is 1. The molecule has 1 aromatic carbocycles. The lowest BCUT2D eigenvalue weighted by Crippen LogP contribution is -2.46. The quantitative estimate of drug-likeness (QED) is 0.806. The summed E-state index contributed by atoms with van der Waals surface area (Å²) in [4.78, 5) is 14.3. The number of halogens is 1. The number of nitrogens with zero attached hydrogens (tertiary/aromatic N) is 1. The molecule has 0 unspecified atom stereocenters. The third-order valence-electron chi connectivity index (χ3n) is 2.96. The smallest absolute Gasteiger partial charge is 0.256 e. The van der Waals surface area contributed by atoms with Crippen molar-refractivity contribution >= 4 is 39.3 Å². The third kappa shape index (κ3) is 3.01. The molecule has 0 radical (unpaired) electrons. The highest BCUT2D eigenvalue weighted by atomic mass is 79.9. The summed E-state index contributed by atoms with van der Waals surface area (Å²) < 4.78 is 1.02. The Hall–Kier alpha value is -0.680. The number of nitrogens with two attached hydrogens (primary N) is 1. The molecule has 0 atom stereocenters. The highest BCUT2D eigenvalue weighted by Gasteiger charge is 2.30. The van der Waals surface area contributed by atoms with Gasteiger partial charge in [-0.25, -0.2) is 0 Å². The van der Waals surface area contributed by atoms with Crippen LogP contribution in [-0.2, 0) is 0 Å². The van der Waals surface area contributed by atoms with Crippen LogP contribution in [0.25, 0.3) is 0 Å². The summed E-state index contributed by atoms with van der Waals surface area (Å²) in [5.41, 5.74) is 7.04. The lowest BCUT2D eigenvalue weighted by atomic mass is 10.1. The minimum absolute atomic E-state index is 0.0355. The third-order valence-corrected chi connectivity index (χ3v) is 4.75. The molecule has 0 saturated carbocycles. The summed E-state index contributed by atoms with van der Waals surface area (Å²) in [6.07, 6.45) is 0. The lowest BCUT2D eigenvalue weighted by molar-refractivity contribution is 0.0749. The normalized spacial score (nSPS) is 18.7. The molecule has 1 amide bonds. The molecule has 2 N–H and O–H groups in total. The fourth-order valence-electron chi connectivity index (χ4n) is 2.09. The van der Waals surface area contributed by atoms with E-state index in [0.717, 1.165) is 23.3 Å². The molecule has 3 nitrogen and oxygen atoms in total. The second-order valence-electron chi connectivity index (χ2n) is 5.07. The SMILES string of the molecule is CC1(C)CN(C(=O)c2ccc(Br)cc2N)CCS1. The number of benzene rings is 1. The second kappa shape index (κ2) is 5.13. The van der Waals surface area contributed by atoms with Gasteiger partial charge < -0.3 is 10.6 Å². The standard InChI is InChI=1S/C13H17BrN2OS/c1-13(2)8-16(5-6-18-13)12(17)10-4-3-9(14)7-11(10)15/h3-4,7H,5-6,8,15H2,1-2H3. The van der Waals surface area contributed by atoms with Crippen molar-refractivity contribution in [3.8, 4) is 0 Å². The molecule has 1 aromatic rings. The monoisotopic (exact) mass is 328 g/mol. The van der Waals surface area contributed by atoms with E-state index in [9.17, 15) is 4.79 Å². The largest absolute Gasteiger partial charge is 0.398 e. The molecule has 1 aliphatic rings. The van der Waals surface area contributed by atoms with Gasteiger partial charge in [0.25, 0.3) is 5.91 Å². The molecule has 1 aliphatic heterocycles. The van der Waals surface area contributed by atoms with Crippen LogP contribution in [0.2, 0.25) is 0 Å². The summed E-state index contributed by atoms with van der Waals surface area (Å²) in [5, 5.41) is 0. The number of amides is 1. The van der Waals surface area contributed by atoms with Gasteiger partial charge in [-0.15, -0.1) is 0 Å². The van der Waals surface area contributed by atoms with Crippen LogP contribution >= 0.6 is 27.7 Å². The van der Waals surface area contributed by atoms with Gasteiger partial charge >= 0.3 is 0 Å². The number of carbonyl (C=O) groups excluding carboxylic acids is 1. The van der Waals surface area contributed by atoms with Crippen molar-refractivity contribution in [3.05, 3.63) is 28.2 Å². The van der Waals surface area contributed by atoms with Crippen molar-refractivity contribution in [1.29, 1.82) is 0 Å². The van der Waals surface area contributed by atoms with Gasteiger partial charge in [0.1, 0.15) is 0 Å². The average molecular weight is 329 g/mol. The number of nitrogen functional groups attached to an aromatic ring is 1. The molecule has 0 bridgehead atoms. The first kappa shape index (κ1) is 13.7. The Balaban J connectivity index is 2.20. The van der Waals surface area contributed by atoms with E-state index in [4.69, 9.17) is 5.73 Å². The highest BCUT2D eigenvalue weighted by Crippen LogP contribution is 2.31. The minimum atomic E-state index is 0.0355. The predicted molar refractivity (Wildman–Crippen MR) is 81.0 cm³/mol. The van der Waals surface area contributed by atoms with Crippen LogP contribution in [0.5, 0.6) is 0 Å². The van der Waals surface area contributed by atoms with Crippen molar-refractivity contribution in [2.24, 2.45) is 0 Å². The first-order valence-corrected chi connectivity index (χ1v) is 7.65. The lowest BCUT2D eigenvalue weighted by Gasteiger charge is -2.37. The molecule has 0 spiro atoms. The van der Waals surface area contributed by atoms with E-state index >= 15 is 0 Å². The van der Waals surface area contributed by atoms with Gasteiger partial charge in [0, 0.05) is 33.7 Å². The van der Waals surface area contributed by atoms with Crippen LogP contribution in [-0.4, -0.2) is 34.4 Å². The fourth-order valence-corrected chi connectivity index (χ4v) is 3.58. The van der Waals surface area contributed by atoms with E-state index in [2.05, 4.69) is 29.8 Å². The minimum Gasteiger partial charge on any atom is -0.398 e. The van der Waals surface area contributed by atoms with Gasteiger partial charge in [0.05, 0.1) is 5.56 Å². The Labute approximate surface area is 120 Å². The van der Waals surface area contributed by atoms with E-state index < -0.39 is 0 Å². The zero-order valence-electron chi connectivity index (χ0n) is 10.6. The maximum absolute atomic E-state index is 12.4. The van der Waals surface area contributed by atoms with Crippen molar-refractivity contribution in [2.75, 3.05) is 24.6 Å². The van der Waals surface area contributed by atoms with E-state index in [1.54, 1.807) is 12.1 Å². The second-order valence-corrected chi connectivity index (χ2v) is 7.78. The molecule has 1 fully saturated rings. The topological polar surface area (TPSA) is 46.3 Å². The van der Waals surface area contributed by atoms with Crippen LogP contribution in [0.1, 0.15) is 24.2 Å². The number of hydrogen-bond donors (Lipinski definition) is 1. The Bertz CT molecular complexity index is 476. The van der Waals surface area contributed by atoms with E-state index in [0.29, 0.717) is 11.3 Å². The molecular formula is C13H17BrN2OS. The maximum Gasteiger partial charge on any atom is 0.256 e. The summed E-state index contributed by atoms with van der Waals surface area (Å²) in [7, 11) is 0. The first-order chi connectivity index (χ1) is 8.39. The number of anilines is 1. The van der Waals surface area contributed by atoms with E-state index in [1.807, 2.05) is 22.7 Å². The van der Waals surface area contributed by atoms with Gasteiger partial charge in [-0.2, -0.15) is 11.8 Å². The van der Waals surface area contributed by atoms with Crippen LogP contribution < -0.4 is 5.73 Å². The molecule has 98 valence electrons. The van der Waals surface area contributed by atoms with Crippen LogP contribution in [0.4, 0.5) is 5.69 Å². The van der Waals surface area contributed by atoms with E-state index in [1.165, 1.54) is 0 Å². The summed E-state index contributed by atoms with van der Waals surface area (Å²) in [5.74, 6) is 1.02. The number of rotatable bonds is 1. The Kier molecular flexibility index (Phi) is 3.92. The van der Waals surface area contributed by atoms with E-state index in [-0.39, 0.29) is 10.7 Å². The van der Waals surface area contributed by atoms with Gasteiger partial charge in [-0.1, -0.05) is 15.9 Å². The van der Waals surface area contributed by atoms with Gasteiger partial charge in [-0.05, 0) is 32.0 Å². The maximum atomic E-state index is 12.4. The number of thioether (sulfide) groups is 1. The molecule has 0 aliphatic carbocycles. The van der Waals surface area contributed by atoms with Gasteiger partial charge in [0.2, 0.25) is 0 Å². The summed E-state index contributed by atoms with van der Waals surface area (Å²) >= 11 is 5.26. The zero-order valence-corrected chi connectivity index (χ0v) is 13.0. The van der Waals surface area contributed by atoms with Gasteiger partial charge in [-0.3, -0.25) is 4.79 Å². The summed E-state index contributed by atoms with van der Waals surface area (Å²) in [6.45, 7) is 5.90. The number of hydrogen-bond acceptors (Lipinski definition) is 3. The molecule has 0 aromatic heterocycles. The van der Waals surface area contributed by atoms with Crippen LogP contribution in [0.3, 0.4) is 0 Å². The summed E-state index contributed by atoms with van der Waals surface area (Å²) in [6, 6.07) is 5.42.